The van der Waals surface area contributed by atoms with E-state index in [4.69, 9.17) is 5.11 Å². The first-order chi connectivity index (χ1) is 14.5. The van der Waals surface area contributed by atoms with Crippen LogP contribution >= 0.6 is 0 Å². The van der Waals surface area contributed by atoms with E-state index in [0.29, 0.717) is 16.8 Å². The minimum Gasteiger partial charge on any atom is -0.872 e. The van der Waals surface area contributed by atoms with Gasteiger partial charge in [-0.1, -0.05) is 66.4 Å². The fourth-order valence-electron chi connectivity index (χ4n) is 3.55. The summed E-state index contributed by atoms with van der Waals surface area (Å²) in [5.41, 5.74) is 1.19. The highest BCUT2D eigenvalue weighted by Gasteiger charge is 2.45. The van der Waals surface area contributed by atoms with Crippen molar-refractivity contribution in [2.24, 2.45) is 0 Å². The number of nitrogens with zero attached hydrogens (tertiary/aromatic N) is 1. The Bertz CT molecular complexity index is 1150. The minimum absolute atomic E-state index is 0.0533. The van der Waals surface area contributed by atoms with Gasteiger partial charge in [-0.3, -0.25) is 14.5 Å². The summed E-state index contributed by atoms with van der Waals surface area (Å²) in [6, 6.07) is 21.9. The van der Waals surface area contributed by atoms with E-state index < -0.39 is 29.5 Å². The number of amides is 1. The molecule has 0 spiro atoms. The van der Waals surface area contributed by atoms with Gasteiger partial charge in [0, 0.05) is 11.3 Å². The van der Waals surface area contributed by atoms with E-state index in [1.165, 1.54) is 29.2 Å². The van der Waals surface area contributed by atoms with E-state index in [0.717, 1.165) is 0 Å². The first kappa shape index (κ1) is 19.1. The molecule has 0 bridgehead atoms. The van der Waals surface area contributed by atoms with Gasteiger partial charge in [0.05, 0.1) is 11.6 Å². The maximum atomic E-state index is 13.2. The molecule has 30 heavy (non-hydrogen) atoms. The van der Waals surface area contributed by atoms with Gasteiger partial charge in [-0.05, 0) is 35.4 Å². The summed E-state index contributed by atoms with van der Waals surface area (Å²) < 4.78 is 0. The Kier molecular flexibility index (Phi) is 4.90. The van der Waals surface area contributed by atoms with Crippen LogP contribution in [-0.4, -0.2) is 22.8 Å². The van der Waals surface area contributed by atoms with Crippen molar-refractivity contribution in [1.29, 1.82) is 0 Å². The minimum atomic E-state index is -1.10. The van der Waals surface area contributed by atoms with Gasteiger partial charge in [-0.2, -0.15) is 0 Å². The number of hydrogen-bond acceptors (Lipinski definition) is 4. The van der Waals surface area contributed by atoms with E-state index in [1.54, 1.807) is 60.7 Å². The standard InChI is InChI=1S/C24H17NO5/c26-21(16-9-5-2-6-10-16)19-20(15-7-3-1-4-8-15)25(23(28)22(19)27)18-13-11-17(12-14-18)24(29)30/h1-14,20,26H,(H,29,30)/p-1/t20-/m1/s1. The molecule has 3 aromatic carbocycles. The van der Waals surface area contributed by atoms with Crippen LogP contribution in [-0.2, 0) is 9.59 Å². The van der Waals surface area contributed by atoms with Crippen LogP contribution in [0.5, 0.6) is 0 Å². The number of carbonyl (C=O) groups excluding carboxylic acids is 2. The van der Waals surface area contributed by atoms with Crippen LogP contribution in [0, 0.1) is 0 Å². The van der Waals surface area contributed by atoms with Crippen LogP contribution in [0.3, 0.4) is 0 Å². The maximum Gasteiger partial charge on any atom is 0.335 e. The molecule has 0 saturated carbocycles. The van der Waals surface area contributed by atoms with Crippen molar-refractivity contribution in [3.63, 3.8) is 0 Å². The fraction of sp³-hybridized carbons (Fsp3) is 0.0417. The molecule has 1 aliphatic heterocycles. The third-order valence-corrected chi connectivity index (χ3v) is 4.98. The largest absolute Gasteiger partial charge is 0.872 e. The zero-order chi connectivity index (χ0) is 21.3. The Labute approximate surface area is 172 Å². The summed E-state index contributed by atoms with van der Waals surface area (Å²) in [4.78, 5) is 38.3. The smallest absolute Gasteiger partial charge is 0.335 e. The van der Waals surface area contributed by atoms with Crippen molar-refractivity contribution in [1.82, 2.24) is 0 Å². The van der Waals surface area contributed by atoms with E-state index in [-0.39, 0.29) is 11.1 Å². The van der Waals surface area contributed by atoms with Crippen molar-refractivity contribution >= 4 is 29.1 Å². The lowest BCUT2D eigenvalue weighted by Crippen LogP contribution is -2.29. The second-order valence-electron chi connectivity index (χ2n) is 6.78. The number of carboxylic acid groups (broad SMARTS) is 1. The number of anilines is 1. The van der Waals surface area contributed by atoms with Crippen LogP contribution in [0.15, 0.2) is 90.5 Å². The maximum absolute atomic E-state index is 13.2. The van der Waals surface area contributed by atoms with Gasteiger partial charge in [0.1, 0.15) is 0 Å². The molecule has 0 radical (unpaired) electrons. The molecule has 148 valence electrons. The monoisotopic (exact) mass is 398 g/mol. The first-order valence-corrected chi connectivity index (χ1v) is 9.22. The van der Waals surface area contributed by atoms with Crippen molar-refractivity contribution in [2.45, 2.75) is 6.04 Å². The number of Topliss-reactive ketones (excluding diaryl/α,β-unsaturated/α-hetero) is 1. The molecule has 0 unspecified atom stereocenters. The molecule has 1 fully saturated rings. The van der Waals surface area contributed by atoms with Gasteiger partial charge in [0.2, 0.25) is 5.78 Å². The Hall–Kier alpha value is -4.19. The number of rotatable bonds is 4. The molecule has 1 aliphatic rings. The molecule has 6 nitrogen and oxygen atoms in total. The summed E-state index contributed by atoms with van der Waals surface area (Å²) >= 11 is 0. The van der Waals surface area contributed by atoms with Crippen LogP contribution in [0.4, 0.5) is 5.69 Å². The third kappa shape index (κ3) is 3.24. The Morgan fingerprint density at radius 1 is 0.800 bits per heavy atom. The zero-order valence-electron chi connectivity index (χ0n) is 15.7. The van der Waals surface area contributed by atoms with Gasteiger partial charge in [-0.15, -0.1) is 0 Å². The average Bonchev–Trinajstić information content (AvgIpc) is 3.05. The molecule has 4 rings (SSSR count). The Morgan fingerprint density at radius 3 is 1.93 bits per heavy atom. The normalized spacial score (nSPS) is 17.9. The number of hydrogen-bond donors (Lipinski definition) is 1. The number of aromatic carboxylic acids is 1. The summed E-state index contributed by atoms with van der Waals surface area (Å²) in [5.74, 6) is -3.30. The average molecular weight is 398 g/mol. The van der Waals surface area contributed by atoms with E-state index in [9.17, 15) is 19.5 Å². The fourth-order valence-corrected chi connectivity index (χ4v) is 3.55. The summed E-state index contributed by atoms with van der Waals surface area (Å²) in [6.45, 7) is 0. The molecule has 0 aromatic heterocycles. The molecule has 1 atom stereocenters. The lowest BCUT2D eigenvalue weighted by molar-refractivity contribution is -0.245. The highest BCUT2D eigenvalue weighted by molar-refractivity contribution is 6.51. The Morgan fingerprint density at radius 2 is 1.37 bits per heavy atom. The lowest BCUT2D eigenvalue weighted by Gasteiger charge is -2.27. The van der Waals surface area contributed by atoms with Crippen LogP contribution in [0.1, 0.15) is 27.5 Å². The topological polar surface area (TPSA) is 97.7 Å². The zero-order valence-corrected chi connectivity index (χ0v) is 15.7. The number of carboxylic acids is 1. The second-order valence-corrected chi connectivity index (χ2v) is 6.78. The molecule has 3 aromatic rings. The van der Waals surface area contributed by atoms with Gasteiger partial charge in [0.25, 0.3) is 5.91 Å². The third-order valence-electron chi connectivity index (χ3n) is 4.98. The van der Waals surface area contributed by atoms with Gasteiger partial charge >= 0.3 is 5.97 Å². The molecular formula is C24H16NO5-. The number of benzene rings is 3. The predicted octanol–water partition coefficient (Wildman–Crippen LogP) is 2.81. The molecule has 1 heterocycles. The van der Waals surface area contributed by atoms with Crippen LogP contribution in [0.25, 0.3) is 5.76 Å². The quantitative estimate of drug-likeness (QED) is 0.414. The van der Waals surface area contributed by atoms with Crippen LogP contribution < -0.4 is 10.0 Å². The second kappa shape index (κ2) is 7.67. The van der Waals surface area contributed by atoms with Crippen LogP contribution in [0.2, 0.25) is 0 Å². The number of carbonyl (C=O) groups is 3. The number of ketones is 1. The molecule has 1 N–H and O–H groups in total. The molecule has 0 aliphatic carbocycles. The van der Waals surface area contributed by atoms with Crippen molar-refractivity contribution in [3.05, 3.63) is 107 Å². The lowest BCUT2D eigenvalue weighted by atomic mass is 9.95. The van der Waals surface area contributed by atoms with Gasteiger partial charge in [0.15, 0.2) is 0 Å². The van der Waals surface area contributed by atoms with Crippen molar-refractivity contribution in [3.8, 4) is 0 Å². The van der Waals surface area contributed by atoms with Gasteiger partial charge in [-0.25, -0.2) is 4.79 Å². The first-order valence-electron chi connectivity index (χ1n) is 9.22. The summed E-state index contributed by atoms with van der Waals surface area (Å²) in [6.07, 6.45) is 0. The van der Waals surface area contributed by atoms with Crippen molar-refractivity contribution in [2.75, 3.05) is 4.90 Å². The molecular weight excluding hydrogens is 382 g/mol. The van der Waals surface area contributed by atoms with E-state index >= 15 is 0 Å². The summed E-state index contributed by atoms with van der Waals surface area (Å²) in [7, 11) is 0. The van der Waals surface area contributed by atoms with Crippen molar-refractivity contribution < 1.29 is 24.6 Å². The van der Waals surface area contributed by atoms with Gasteiger partial charge < -0.3 is 10.2 Å². The van der Waals surface area contributed by atoms with E-state index in [2.05, 4.69) is 0 Å². The van der Waals surface area contributed by atoms with E-state index in [1.807, 2.05) is 0 Å². The SMILES string of the molecule is O=C1C(=O)N(c2ccc(C(=O)O)cc2)[C@H](c2ccccc2)C1=C([O-])c1ccccc1. The summed E-state index contributed by atoms with van der Waals surface area (Å²) in [5, 5.41) is 22.3. The predicted molar refractivity (Wildman–Crippen MR) is 108 cm³/mol. The molecule has 6 heteroatoms. The highest BCUT2D eigenvalue weighted by Crippen LogP contribution is 2.41. The molecule has 1 amide bonds. The highest BCUT2D eigenvalue weighted by atomic mass is 16.4. The molecule has 1 saturated heterocycles. The Balaban J connectivity index is 1.91.